The standard InChI is InChI=1S/C23H21F2NO3/c1-3-29-23(27)17-7-5-9-19(13-17)26(15-16-6-4-8-18(24)12-16)20-10-11-21(25)22(14-20)28-2/h4-14H,3,15H2,1-2H3. The molecule has 3 aromatic rings. The molecule has 0 saturated carbocycles. The summed E-state index contributed by atoms with van der Waals surface area (Å²) in [7, 11) is 1.39. The number of benzene rings is 3. The Hall–Kier alpha value is -3.41. The lowest BCUT2D eigenvalue weighted by Gasteiger charge is -2.26. The quantitative estimate of drug-likeness (QED) is 0.494. The molecule has 0 unspecified atom stereocenters. The van der Waals surface area contributed by atoms with E-state index >= 15 is 0 Å². The van der Waals surface area contributed by atoms with E-state index in [2.05, 4.69) is 0 Å². The van der Waals surface area contributed by atoms with Crippen LogP contribution in [-0.4, -0.2) is 19.7 Å². The van der Waals surface area contributed by atoms with E-state index in [0.717, 1.165) is 5.56 Å². The van der Waals surface area contributed by atoms with Crippen LogP contribution in [0.15, 0.2) is 66.7 Å². The highest BCUT2D eigenvalue weighted by molar-refractivity contribution is 5.91. The number of esters is 1. The predicted octanol–water partition coefficient (Wildman–Crippen LogP) is 5.49. The molecular weight excluding hydrogens is 376 g/mol. The maximum Gasteiger partial charge on any atom is 0.338 e. The highest BCUT2D eigenvalue weighted by atomic mass is 19.1. The summed E-state index contributed by atoms with van der Waals surface area (Å²) in [6, 6.07) is 17.6. The van der Waals surface area contributed by atoms with Crippen LogP contribution in [0, 0.1) is 11.6 Å². The van der Waals surface area contributed by atoms with Crippen molar-refractivity contribution in [2.45, 2.75) is 13.5 Å². The molecule has 0 aliphatic carbocycles. The highest BCUT2D eigenvalue weighted by Gasteiger charge is 2.16. The van der Waals surface area contributed by atoms with Crippen molar-refractivity contribution in [3.05, 3.63) is 89.5 Å². The van der Waals surface area contributed by atoms with Crippen LogP contribution in [0.2, 0.25) is 0 Å². The number of nitrogens with zero attached hydrogens (tertiary/aromatic N) is 1. The average molecular weight is 397 g/mol. The minimum Gasteiger partial charge on any atom is -0.494 e. The fraction of sp³-hybridized carbons (Fsp3) is 0.174. The molecule has 0 spiro atoms. The monoisotopic (exact) mass is 397 g/mol. The summed E-state index contributed by atoms with van der Waals surface area (Å²) < 4.78 is 37.8. The Bertz CT molecular complexity index is 1010. The van der Waals surface area contributed by atoms with Gasteiger partial charge in [-0.3, -0.25) is 0 Å². The number of carbonyl (C=O) groups is 1. The van der Waals surface area contributed by atoms with Crippen LogP contribution in [0.4, 0.5) is 20.2 Å². The molecule has 0 radical (unpaired) electrons. The molecule has 0 aliphatic rings. The first kappa shape index (κ1) is 20.3. The zero-order valence-electron chi connectivity index (χ0n) is 16.2. The van der Waals surface area contributed by atoms with Crippen molar-refractivity contribution in [3.63, 3.8) is 0 Å². The van der Waals surface area contributed by atoms with Crippen LogP contribution in [0.1, 0.15) is 22.8 Å². The van der Waals surface area contributed by atoms with E-state index in [1.54, 1.807) is 49.4 Å². The second-order valence-corrected chi connectivity index (χ2v) is 6.31. The molecule has 6 heteroatoms. The van der Waals surface area contributed by atoms with E-state index in [1.807, 2.05) is 11.0 Å². The molecule has 0 aromatic heterocycles. The molecule has 0 atom stereocenters. The maximum absolute atomic E-state index is 13.9. The lowest BCUT2D eigenvalue weighted by Crippen LogP contribution is -2.17. The summed E-state index contributed by atoms with van der Waals surface area (Å²) in [5, 5.41) is 0. The van der Waals surface area contributed by atoms with Gasteiger partial charge < -0.3 is 14.4 Å². The molecule has 0 amide bonds. The van der Waals surface area contributed by atoms with Gasteiger partial charge in [0.2, 0.25) is 0 Å². The summed E-state index contributed by atoms with van der Waals surface area (Å²) in [4.78, 5) is 14.0. The van der Waals surface area contributed by atoms with Crippen LogP contribution in [0.5, 0.6) is 5.75 Å². The Morgan fingerprint density at radius 3 is 2.45 bits per heavy atom. The largest absolute Gasteiger partial charge is 0.494 e. The van der Waals surface area contributed by atoms with Gasteiger partial charge in [0.25, 0.3) is 0 Å². The maximum atomic E-state index is 13.9. The third-order valence-electron chi connectivity index (χ3n) is 4.35. The van der Waals surface area contributed by atoms with Gasteiger partial charge in [-0.15, -0.1) is 0 Å². The minimum absolute atomic E-state index is 0.0910. The van der Waals surface area contributed by atoms with Crippen molar-refractivity contribution in [2.75, 3.05) is 18.6 Å². The number of hydrogen-bond donors (Lipinski definition) is 0. The summed E-state index contributed by atoms with van der Waals surface area (Å²) in [6.07, 6.45) is 0. The van der Waals surface area contributed by atoms with Crippen molar-refractivity contribution < 1.29 is 23.0 Å². The van der Waals surface area contributed by atoms with E-state index in [9.17, 15) is 13.6 Å². The van der Waals surface area contributed by atoms with Gasteiger partial charge in [-0.2, -0.15) is 0 Å². The van der Waals surface area contributed by atoms with Gasteiger partial charge in [0.15, 0.2) is 11.6 Å². The SMILES string of the molecule is CCOC(=O)c1cccc(N(Cc2cccc(F)c2)c2ccc(F)c(OC)c2)c1. The molecule has 0 aliphatic heterocycles. The van der Waals surface area contributed by atoms with E-state index in [0.29, 0.717) is 23.5 Å². The number of ether oxygens (including phenoxy) is 2. The summed E-state index contributed by atoms with van der Waals surface area (Å²) in [6.45, 7) is 2.31. The molecule has 0 N–H and O–H groups in total. The van der Waals surface area contributed by atoms with Crippen molar-refractivity contribution in [2.24, 2.45) is 0 Å². The topological polar surface area (TPSA) is 38.8 Å². The highest BCUT2D eigenvalue weighted by Crippen LogP contribution is 2.32. The number of hydrogen-bond acceptors (Lipinski definition) is 4. The second-order valence-electron chi connectivity index (χ2n) is 6.31. The molecule has 3 rings (SSSR count). The summed E-state index contributed by atoms with van der Waals surface area (Å²) in [5.41, 5.74) is 2.42. The van der Waals surface area contributed by atoms with Crippen LogP contribution in [0.3, 0.4) is 0 Å². The lowest BCUT2D eigenvalue weighted by molar-refractivity contribution is 0.0526. The van der Waals surface area contributed by atoms with Gasteiger partial charge in [0.1, 0.15) is 5.82 Å². The lowest BCUT2D eigenvalue weighted by atomic mass is 10.1. The van der Waals surface area contributed by atoms with Gasteiger partial charge in [-0.1, -0.05) is 18.2 Å². The smallest absolute Gasteiger partial charge is 0.338 e. The minimum atomic E-state index is -0.484. The fourth-order valence-electron chi connectivity index (χ4n) is 2.98. The third-order valence-corrected chi connectivity index (χ3v) is 4.35. The Balaban J connectivity index is 2.05. The van der Waals surface area contributed by atoms with E-state index in [-0.39, 0.29) is 18.2 Å². The molecule has 4 nitrogen and oxygen atoms in total. The Labute approximate surface area is 168 Å². The van der Waals surface area contributed by atoms with Crippen molar-refractivity contribution in [1.82, 2.24) is 0 Å². The molecule has 0 saturated heterocycles. The molecule has 29 heavy (non-hydrogen) atoms. The molecular formula is C23H21F2NO3. The Morgan fingerprint density at radius 2 is 1.72 bits per heavy atom. The number of anilines is 2. The fourth-order valence-corrected chi connectivity index (χ4v) is 2.98. The molecule has 150 valence electrons. The third kappa shape index (κ3) is 4.90. The Kier molecular flexibility index (Phi) is 6.44. The van der Waals surface area contributed by atoms with Crippen LogP contribution in [0.25, 0.3) is 0 Å². The van der Waals surface area contributed by atoms with Crippen molar-refractivity contribution in [3.8, 4) is 5.75 Å². The zero-order valence-corrected chi connectivity index (χ0v) is 16.2. The first-order chi connectivity index (χ1) is 14.0. The van der Waals surface area contributed by atoms with E-state index < -0.39 is 11.8 Å². The van der Waals surface area contributed by atoms with Crippen LogP contribution >= 0.6 is 0 Å². The van der Waals surface area contributed by atoms with Gasteiger partial charge in [-0.25, -0.2) is 13.6 Å². The van der Waals surface area contributed by atoms with Crippen molar-refractivity contribution in [1.29, 1.82) is 0 Å². The van der Waals surface area contributed by atoms with E-state index in [4.69, 9.17) is 9.47 Å². The molecule has 0 bridgehead atoms. The van der Waals surface area contributed by atoms with Crippen LogP contribution < -0.4 is 9.64 Å². The van der Waals surface area contributed by atoms with Crippen molar-refractivity contribution >= 4 is 17.3 Å². The second kappa shape index (κ2) is 9.19. The summed E-state index contributed by atoms with van der Waals surface area (Å²) >= 11 is 0. The summed E-state index contributed by atoms with van der Waals surface area (Å²) in [5.74, 6) is -1.17. The average Bonchev–Trinajstić information content (AvgIpc) is 2.73. The number of halogens is 2. The molecule has 0 heterocycles. The van der Waals surface area contributed by atoms with Gasteiger partial charge in [0, 0.05) is 24.0 Å². The number of carbonyl (C=O) groups excluding carboxylic acids is 1. The van der Waals surface area contributed by atoms with Gasteiger partial charge in [-0.05, 0) is 55.0 Å². The van der Waals surface area contributed by atoms with E-state index in [1.165, 1.54) is 25.3 Å². The number of methoxy groups -OCH3 is 1. The molecule has 3 aromatic carbocycles. The Morgan fingerprint density at radius 1 is 0.966 bits per heavy atom. The van der Waals surface area contributed by atoms with Crippen LogP contribution in [-0.2, 0) is 11.3 Å². The van der Waals surface area contributed by atoms with Gasteiger partial charge in [0.05, 0.1) is 19.3 Å². The predicted molar refractivity (Wildman–Crippen MR) is 108 cm³/mol. The zero-order chi connectivity index (χ0) is 20.8. The first-order valence-electron chi connectivity index (χ1n) is 9.14. The number of rotatable bonds is 7. The van der Waals surface area contributed by atoms with Gasteiger partial charge >= 0.3 is 5.97 Å². The normalized spacial score (nSPS) is 10.5. The first-order valence-corrected chi connectivity index (χ1v) is 9.14. The molecule has 0 fully saturated rings.